The van der Waals surface area contributed by atoms with Crippen LogP contribution in [0, 0.1) is 5.41 Å². The van der Waals surface area contributed by atoms with Crippen molar-refractivity contribution in [2.45, 2.75) is 53.0 Å². The first kappa shape index (κ1) is 9.75. The molecule has 0 bridgehead atoms. The van der Waals surface area contributed by atoms with Crippen molar-refractivity contribution in [2.24, 2.45) is 5.41 Å². The molecule has 0 amide bonds. The summed E-state index contributed by atoms with van der Waals surface area (Å²) in [5.74, 6) is 0. The van der Waals surface area contributed by atoms with Crippen LogP contribution in [0.3, 0.4) is 0 Å². The first-order valence-electron chi connectivity index (χ1n) is 5.55. The maximum absolute atomic E-state index is 4.48. The molecule has 78 valence electrons. The molecule has 0 aliphatic heterocycles. The summed E-state index contributed by atoms with van der Waals surface area (Å²) in [6.07, 6.45) is 5.74. The molecule has 1 aromatic heterocycles. The standard InChI is InChI=1S/C12H20N2/c1-9(2)14-11-5-6-12(3,4)7-10(11)8-13-14/h8-9H,5-7H2,1-4H3. The second-order valence-electron chi connectivity index (χ2n) is 5.50. The number of rotatable bonds is 1. The summed E-state index contributed by atoms with van der Waals surface area (Å²) in [7, 11) is 0. The largest absolute Gasteiger partial charge is 0.267 e. The first-order chi connectivity index (χ1) is 6.49. The Labute approximate surface area is 86.3 Å². The quantitative estimate of drug-likeness (QED) is 0.669. The molecule has 0 saturated carbocycles. The molecule has 2 rings (SSSR count). The Kier molecular flexibility index (Phi) is 2.17. The lowest BCUT2D eigenvalue weighted by atomic mass is 9.77. The molecule has 14 heavy (non-hydrogen) atoms. The lowest BCUT2D eigenvalue weighted by Crippen LogP contribution is -2.23. The van der Waals surface area contributed by atoms with E-state index >= 15 is 0 Å². The molecule has 1 heterocycles. The highest BCUT2D eigenvalue weighted by atomic mass is 15.3. The van der Waals surface area contributed by atoms with E-state index in [9.17, 15) is 0 Å². The van der Waals surface area contributed by atoms with Gasteiger partial charge >= 0.3 is 0 Å². The van der Waals surface area contributed by atoms with E-state index in [-0.39, 0.29) is 0 Å². The van der Waals surface area contributed by atoms with Crippen molar-refractivity contribution in [2.75, 3.05) is 0 Å². The van der Waals surface area contributed by atoms with Gasteiger partial charge in [0.1, 0.15) is 0 Å². The lowest BCUT2D eigenvalue weighted by molar-refractivity contribution is 0.307. The first-order valence-corrected chi connectivity index (χ1v) is 5.55. The van der Waals surface area contributed by atoms with Crippen molar-refractivity contribution in [3.05, 3.63) is 17.5 Å². The second-order valence-corrected chi connectivity index (χ2v) is 5.50. The summed E-state index contributed by atoms with van der Waals surface area (Å²) < 4.78 is 2.19. The summed E-state index contributed by atoms with van der Waals surface area (Å²) >= 11 is 0. The fourth-order valence-electron chi connectivity index (χ4n) is 2.35. The van der Waals surface area contributed by atoms with Crippen molar-refractivity contribution in [3.63, 3.8) is 0 Å². The predicted octanol–water partition coefficient (Wildman–Crippen LogP) is 2.98. The third-order valence-corrected chi connectivity index (χ3v) is 3.18. The molecule has 2 nitrogen and oxygen atoms in total. The Morgan fingerprint density at radius 3 is 2.79 bits per heavy atom. The van der Waals surface area contributed by atoms with Gasteiger partial charge in [-0.2, -0.15) is 5.10 Å². The maximum Gasteiger partial charge on any atom is 0.0524 e. The van der Waals surface area contributed by atoms with Gasteiger partial charge in [0, 0.05) is 11.7 Å². The zero-order valence-corrected chi connectivity index (χ0v) is 9.67. The van der Waals surface area contributed by atoms with E-state index < -0.39 is 0 Å². The van der Waals surface area contributed by atoms with Crippen molar-refractivity contribution >= 4 is 0 Å². The van der Waals surface area contributed by atoms with E-state index in [1.807, 2.05) is 0 Å². The monoisotopic (exact) mass is 192 g/mol. The summed E-state index contributed by atoms with van der Waals surface area (Å²) in [4.78, 5) is 0. The van der Waals surface area contributed by atoms with Crippen LogP contribution in [0.1, 0.15) is 51.4 Å². The third kappa shape index (κ3) is 1.58. The summed E-state index contributed by atoms with van der Waals surface area (Å²) in [5.41, 5.74) is 3.41. The Morgan fingerprint density at radius 2 is 2.14 bits per heavy atom. The molecular weight excluding hydrogens is 172 g/mol. The molecule has 2 heteroatoms. The van der Waals surface area contributed by atoms with Crippen LogP contribution < -0.4 is 0 Å². The van der Waals surface area contributed by atoms with Gasteiger partial charge in [-0.3, -0.25) is 4.68 Å². The lowest BCUT2D eigenvalue weighted by Gasteiger charge is -2.30. The molecule has 0 unspecified atom stereocenters. The minimum Gasteiger partial charge on any atom is -0.267 e. The molecule has 0 spiro atoms. The highest BCUT2D eigenvalue weighted by Gasteiger charge is 2.28. The van der Waals surface area contributed by atoms with Crippen LogP contribution in [0.2, 0.25) is 0 Å². The number of aromatic nitrogens is 2. The SMILES string of the molecule is CC(C)n1ncc2c1CCC(C)(C)C2. The zero-order chi connectivity index (χ0) is 10.3. The smallest absolute Gasteiger partial charge is 0.0524 e. The molecule has 1 aliphatic carbocycles. The van der Waals surface area contributed by atoms with E-state index in [0.29, 0.717) is 11.5 Å². The molecule has 1 aliphatic rings. The van der Waals surface area contributed by atoms with Crippen molar-refractivity contribution in [1.29, 1.82) is 0 Å². The molecule has 0 radical (unpaired) electrons. The Hall–Kier alpha value is -0.790. The molecule has 0 saturated heterocycles. The number of hydrogen-bond acceptors (Lipinski definition) is 1. The van der Waals surface area contributed by atoms with Crippen LogP contribution in [-0.2, 0) is 12.8 Å². The summed E-state index contributed by atoms with van der Waals surface area (Å²) in [5, 5.41) is 4.48. The summed E-state index contributed by atoms with van der Waals surface area (Å²) in [6.45, 7) is 9.10. The molecule has 0 fully saturated rings. The highest BCUT2D eigenvalue weighted by Crippen LogP contribution is 2.35. The van der Waals surface area contributed by atoms with E-state index in [0.717, 1.165) is 0 Å². The van der Waals surface area contributed by atoms with Gasteiger partial charge in [-0.1, -0.05) is 13.8 Å². The van der Waals surface area contributed by atoms with Crippen LogP contribution in [0.25, 0.3) is 0 Å². The van der Waals surface area contributed by atoms with Crippen molar-refractivity contribution < 1.29 is 0 Å². The van der Waals surface area contributed by atoms with Gasteiger partial charge in [-0.05, 0) is 44.1 Å². The van der Waals surface area contributed by atoms with Gasteiger partial charge in [-0.15, -0.1) is 0 Å². The Morgan fingerprint density at radius 1 is 1.43 bits per heavy atom. The zero-order valence-electron chi connectivity index (χ0n) is 9.67. The Balaban J connectivity index is 2.34. The second kappa shape index (κ2) is 3.11. The number of hydrogen-bond donors (Lipinski definition) is 0. The van der Waals surface area contributed by atoms with Gasteiger partial charge < -0.3 is 0 Å². The van der Waals surface area contributed by atoms with Crippen LogP contribution in [-0.4, -0.2) is 9.78 Å². The van der Waals surface area contributed by atoms with Crippen molar-refractivity contribution in [1.82, 2.24) is 9.78 Å². The van der Waals surface area contributed by atoms with Gasteiger partial charge in [0.05, 0.1) is 6.20 Å². The van der Waals surface area contributed by atoms with Crippen LogP contribution in [0.5, 0.6) is 0 Å². The highest BCUT2D eigenvalue weighted by molar-refractivity contribution is 5.23. The van der Waals surface area contributed by atoms with Gasteiger partial charge in [-0.25, -0.2) is 0 Å². The minimum absolute atomic E-state index is 0.470. The molecule has 0 atom stereocenters. The predicted molar refractivity (Wildman–Crippen MR) is 58.4 cm³/mol. The summed E-state index contributed by atoms with van der Waals surface area (Å²) in [6, 6.07) is 0.500. The minimum atomic E-state index is 0.470. The van der Waals surface area contributed by atoms with Gasteiger partial charge in [0.15, 0.2) is 0 Å². The van der Waals surface area contributed by atoms with Crippen LogP contribution in [0.15, 0.2) is 6.20 Å². The van der Waals surface area contributed by atoms with E-state index in [4.69, 9.17) is 0 Å². The van der Waals surface area contributed by atoms with Crippen molar-refractivity contribution in [3.8, 4) is 0 Å². The average molecular weight is 192 g/mol. The molecule has 1 aromatic rings. The normalized spacial score (nSPS) is 19.8. The van der Waals surface area contributed by atoms with Crippen LogP contribution in [0.4, 0.5) is 0 Å². The van der Waals surface area contributed by atoms with Gasteiger partial charge in [0.25, 0.3) is 0 Å². The molecular formula is C12H20N2. The van der Waals surface area contributed by atoms with E-state index in [2.05, 4.69) is 43.7 Å². The molecule has 0 aromatic carbocycles. The average Bonchev–Trinajstić information content (AvgIpc) is 2.44. The maximum atomic E-state index is 4.48. The third-order valence-electron chi connectivity index (χ3n) is 3.18. The van der Waals surface area contributed by atoms with E-state index in [1.165, 1.54) is 30.5 Å². The fourth-order valence-corrected chi connectivity index (χ4v) is 2.35. The number of nitrogens with zero attached hydrogens (tertiary/aromatic N) is 2. The van der Waals surface area contributed by atoms with Crippen LogP contribution >= 0.6 is 0 Å². The number of fused-ring (bicyclic) bond motifs is 1. The van der Waals surface area contributed by atoms with Gasteiger partial charge in [0.2, 0.25) is 0 Å². The van der Waals surface area contributed by atoms with E-state index in [1.54, 1.807) is 0 Å². The fraction of sp³-hybridized carbons (Fsp3) is 0.750. The topological polar surface area (TPSA) is 17.8 Å². The Bertz CT molecular complexity index is 334. The molecule has 0 N–H and O–H groups in total.